The Hall–Kier alpha value is -0.990. The van der Waals surface area contributed by atoms with E-state index in [9.17, 15) is 0 Å². The highest BCUT2D eigenvalue weighted by molar-refractivity contribution is 6.31. The van der Waals surface area contributed by atoms with Crippen molar-refractivity contribution in [2.75, 3.05) is 13.2 Å². The Bertz CT molecular complexity index is 431. The molecule has 1 N–H and O–H groups in total. The predicted octanol–water partition coefficient (Wildman–Crippen LogP) is 3.95. The number of nitrogens with one attached hydrogen (secondary N) is 1. The Morgan fingerprint density at radius 1 is 1.37 bits per heavy atom. The standard InChI is InChI=1S/C16H22ClNO/c1-2-9-18-16(14-7-5-10-19-12-14)11-13-6-3-4-8-15(13)17/h3-4,6,8,12,16,18H,2,5,7,9-11H2,1H3. The monoisotopic (exact) mass is 279 g/mol. The third-order valence-electron chi connectivity index (χ3n) is 3.43. The van der Waals surface area contributed by atoms with Crippen molar-refractivity contribution in [3.63, 3.8) is 0 Å². The van der Waals surface area contributed by atoms with Gasteiger partial charge in [-0.3, -0.25) is 0 Å². The fraction of sp³-hybridized carbons (Fsp3) is 0.500. The molecule has 1 heterocycles. The van der Waals surface area contributed by atoms with Crippen molar-refractivity contribution in [1.82, 2.24) is 5.32 Å². The van der Waals surface area contributed by atoms with Crippen LogP contribution in [0, 0.1) is 0 Å². The van der Waals surface area contributed by atoms with Gasteiger partial charge in [0.05, 0.1) is 12.9 Å². The largest absolute Gasteiger partial charge is 0.501 e. The van der Waals surface area contributed by atoms with E-state index < -0.39 is 0 Å². The first-order chi connectivity index (χ1) is 9.31. The maximum Gasteiger partial charge on any atom is 0.0876 e. The van der Waals surface area contributed by atoms with Crippen LogP contribution in [0.1, 0.15) is 31.7 Å². The lowest BCUT2D eigenvalue weighted by molar-refractivity contribution is 0.219. The Morgan fingerprint density at radius 2 is 2.21 bits per heavy atom. The second-order valence-corrected chi connectivity index (χ2v) is 5.38. The van der Waals surface area contributed by atoms with E-state index in [2.05, 4.69) is 18.3 Å². The van der Waals surface area contributed by atoms with Crippen molar-refractivity contribution >= 4 is 11.6 Å². The molecule has 1 aromatic carbocycles. The minimum absolute atomic E-state index is 0.333. The second kappa shape index (κ2) is 7.56. The molecule has 104 valence electrons. The van der Waals surface area contributed by atoms with Gasteiger partial charge in [0, 0.05) is 11.1 Å². The molecule has 1 unspecified atom stereocenters. The smallest absolute Gasteiger partial charge is 0.0876 e. The van der Waals surface area contributed by atoms with Gasteiger partial charge < -0.3 is 10.1 Å². The van der Waals surface area contributed by atoms with Gasteiger partial charge in [0.15, 0.2) is 0 Å². The average molecular weight is 280 g/mol. The molecule has 0 radical (unpaired) electrons. The van der Waals surface area contributed by atoms with Gasteiger partial charge in [0.25, 0.3) is 0 Å². The summed E-state index contributed by atoms with van der Waals surface area (Å²) in [6.07, 6.45) is 6.22. The van der Waals surface area contributed by atoms with Crippen LogP contribution in [0.15, 0.2) is 36.1 Å². The van der Waals surface area contributed by atoms with Gasteiger partial charge in [-0.15, -0.1) is 0 Å². The highest BCUT2D eigenvalue weighted by Gasteiger charge is 2.18. The molecule has 1 aliphatic rings. The zero-order valence-electron chi connectivity index (χ0n) is 11.5. The molecule has 2 nitrogen and oxygen atoms in total. The van der Waals surface area contributed by atoms with Crippen LogP contribution in [-0.4, -0.2) is 19.2 Å². The van der Waals surface area contributed by atoms with Crippen molar-refractivity contribution in [3.05, 3.63) is 46.7 Å². The molecule has 1 aromatic rings. The van der Waals surface area contributed by atoms with Gasteiger partial charge >= 0.3 is 0 Å². The first-order valence-corrected chi connectivity index (χ1v) is 7.46. The van der Waals surface area contributed by atoms with Gasteiger partial charge in [0.2, 0.25) is 0 Å². The normalized spacial score (nSPS) is 16.6. The summed E-state index contributed by atoms with van der Waals surface area (Å²) in [4.78, 5) is 0. The Balaban J connectivity index is 2.09. The molecule has 1 atom stereocenters. The van der Waals surface area contributed by atoms with Crippen LogP contribution >= 0.6 is 11.6 Å². The number of benzene rings is 1. The number of hydrogen-bond donors (Lipinski definition) is 1. The van der Waals surface area contributed by atoms with Crippen LogP contribution in [0.3, 0.4) is 0 Å². The molecule has 0 fully saturated rings. The van der Waals surface area contributed by atoms with E-state index in [0.29, 0.717) is 6.04 Å². The molecule has 0 spiro atoms. The third-order valence-corrected chi connectivity index (χ3v) is 3.80. The van der Waals surface area contributed by atoms with Crippen LogP contribution in [0.25, 0.3) is 0 Å². The lowest BCUT2D eigenvalue weighted by atomic mass is 9.95. The van der Waals surface area contributed by atoms with E-state index in [4.69, 9.17) is 16.3 Å². The van der Waals surface area contributed by atoms with E-state index in [1.807, 2.05) is 24.5 Å². The summed E-state index contributed by atoms with van der Waals surface area (Å²) in [5.74, 6) is 0. The highest BCUT2D eigenvalue weighted by Crippen LogP contribution is 2.22. The third kappa shape index (κ3) is 4.26. The van der Waals surface area contributed by atoms with Crippen molar-refractivity contribution in [2.45, 2.75) is 38.6 Å². The molecular weight excluding hydrogens is 258 g/mol. The topological polar surface area (TPSA) is 21.3 Å². The molecule has 19 heavy (non-hydrogen) atoms. The summed E-state index contributed by atoms with van der Waals surface area (Å²) >= 11 is 6.26. The fourth-order valence-corrected chi connectivity index (χ4v) is 2.59. The molecule has 1 aliphatic heterocycles. The van der Waals surface area contributed by atoms with Crippen LogP contribution in [0.4, 0.5) is 0 Å². The zero-order chi connectivity index (χ0) is 13.5. The average Bonchev–Trinajstić information content (AvgIpc) is 2.46. The molecule has 3 heteroatoms. The molecule has 0 saturated heterocycles. The van der Waals surface area contributed by atoms with Crippen LogP contribution in [0.2, 0.25) is 5.02 Å². The van der Waals surface area contributed by atoms with Crippen molar-refractivity contribution in [1.29, 1.82) is 0 Å². The van der Waals surface area contributed by atoms with Gasteiger partial charge in [-0.05, 0) is 49.4 Å². The van der Waals surface area contributed by atoms with E-state index in [1.54, 1.807) is 0 Å². The Labute approximate surface area is 120 Å². The lowest BCUT2D eigenvalue weighted by Crippen LogP contribution is -2.34. The number of hydrogen-bond acceptors (Lipinski definition) is 2. The Morgan fingerprint density at radius 3 is 2.89 bits per heavy atom. The summed E-state index contributed by atoms with van der Waals surface area (Å²) in [6, 6.07) is 8.42. The summed E-state index contributed by atoms with van der Waals surface area (Å²) in [5.41, 5.74) is 2.56. The predicted molar refractivity (Wildman–Crippen MR) is 80.5 cm³/mol. The van der Waals surface area contributed by atoms with Crippen molar-refractivity contribution < 1.29 is 4.74 Å². The van der Waals surface area contributed by atoms with E-state index in [-0.39, 0.29) is 0 Å². The minimum Gasteiger partial charge on any atom is -0.501 e. The maximum atomic E-state index is 6.26. The first-order valence-electron chi connectivity index (χ1n) is 7.08. The van der Waals surface area contributed by atoms with E-state index in [0.717, 1.165) is 43.9 Å². The molecule has 0 bridgehead atoms. The van der Waals surface area contributed by atoms with E-state index >= 15 is 0 Å². The highest BCUT2D eigenvalue weighted by atomic mass is 35.5. The van der Waals surface area contributed by atoms with Crippen LogP contribution < -0.4 is 5.32 Å². The van der Waals surface area contributed by atoms with Gasteiger partial charge in [-0.2, -0.15) is 0 Å². The first kappa shape index (κ1) is 14.4. The Kier molecular flexibility index (Phi) is 5.74. The van der Waals surface area contributed by atoms with Crippen LogP contribution in [0.5, 0.6) is 0 Å². The number of rotatable bonds is 6. The molecular formula is C16H22ClNO. The summed E-state index contributed by atoms with van der Waals surface area (Å²) in [5, 5.41) is 4.46. The molecule has 0 saturated carbocycles. The molecule has 0 aliphatic carbocycles. The fourth-order valence-electron chi connectivity index (χ4n) is 2.38. The molecule has 0 amide bonds. The maximum absolute atomic E-state index is 6.26. The zero-order valence-corrected chi connectivity index (χ0v) is 12.2. The number of ether oxygens (including phenoxy) is 1. The molecule has 0 aromatic heterocycles. The molecule has 2 rings (SSSR count). The minimum atomic E-state index is 0.333. The summed E-state index contributed by atoms with van der Waals surface area (Å²) in [7, 11) is 0. The van der Waals surface area contributed by atoms with E-state index in [1.165, 1.54) is 11.1 Å². The summed E-state index contributed by atoms with van der Waals surface area (Å²) in [6.45, 7) is 4.05. The van der Waals surface area contributed by atoms with Crippen LogP contribution in [-0.2, 0) is 11.2 Å². The van der Waals surface area contributed by atoms with Gasteiger partial charge in [-0.1, -0.05) is 36.7 Å². The SMILES string of the molecule is CCCNC(Cc1ccccc1Cl)C1=COCCC1. The number of halogens is 1. The van der Waals surface area contributed by atoms with Crippen molar-refractivity contribution in [2.24, 2.45) is 0 Å². The quantitative estimate of drug-likeness (QED) is 0.851. The van der Waals surface area contributed by atoms with Crippen molar-refractivity contribution in [3.8, 4) is 0 Å². The summed E-state index contributed by atoms with van der Waals surface area (Å²) < 4.78 is 5.48. The lowest BCUT2D eigenvalue weighted by Gasteiger charge is -2.24. The van der Waals surface area contributed by atoms with Gasteiger partial charge in [-0.25, -0.2) is 0 Å². The second-order valence-electron chi connectivity index (χ2n) is 4.97. The van der Waals surface area contributed by atoms with Gasteiger partial charge in [0.1, 0.15) is 0 Å².